The number of benzene rings is 1. The van der Waals surface area contributed by atoms with Crippen molar-refractivity contribution in [2.24, 2.45) is 0 Å². The number of sulfone groups is 1. The summed E-state index contributed by atoms with van der Waals surface area (Å²) in [6, 6.07) is 8.12. The lowest BCUT2D eigenvalue weighted by Gasteiger charge is -2.24. The monoisotopic (exact) mass is 413 g/mol. The highest BCUT2D eigenvalue weighted by Gasteiger charge is 2.19. The number of nitrogens with zero attached hydrogens (tertiary/aromatic N) is 2. The van der Waals surface area contributed by atoms with Crippen LogP contribution in [-0.2, 0) is 14.6 Å². The van der Waals surface area contributed by atoms with E-state index in [0.29, 0.717) is 32.7 Å². The van der Waals surface area contributed by atoms with Gasteiger partial charge in [0.2, 0.25) is 0 Å². The van der Waals surface area contributed by atoms with Crippen molar-refractivity contribution in [3.8, 4) is 0 Å². The van der Waals surface area contributed by atoms with E-state index >= 15 is 0 Å². The normalized spacial score (nSPS) is 11.6. The van der Waals surface area contributed by atoms with Crippen LogP contribution in [0.1, 0.15) is 27.2 Å². The van der Waals surface area contributed by atoms with E-state index in [-0.39, 0.29) is 23.2 Å². The lowest BCUT2D eigenvalue weighted by atomic mass is 10.4. The van der Waals surface area contributed by atoms with Gasteiger partial charge in [0.15, 0.2) is 9.84 Å². The van der Waals surface area contributed by atoms with Crippen molar-refractivity contribution in [1.82, 2.24) is 15.1 Å². The van der Waals surface area contributed by atoms with E-state index in [9.17, 15) is 13.2 Å². The van der Waals surface area contributed by atoms with Gasteiger partial charge in [0, 0.05) is 39.4 Å². The summed E-state index contributed by atoms with van der Waals surface area (Å²) in [4.78, 5) is 16.7. The first-order chi connectivity index (χ1) is 13.4. The quantitative estimate of drug-likeness (QED) is 0.473. The molecule has 0 aliphatic carbocycles. The zero-order chi connectivity index (χ0) is 20.8. The molecule has 160 valence electrons. The predicted octanol–water partition coefficient (Wildman–Crippen LogP) is 2.24. The lowest BCUT2D eigenvalue weighted by molar-refractivity contribution is 0.134. The maximum atomic E-state index is 12.6. The van der Waals surface area contributed by atoms with Gasteiger partial charge >= 0.3 is 6.03 Å². The van der Waals surface area contributed by atoms with Gasteiger partial charge in [-0.2, -0.15) is 0 Å². The smallest absolute Gasteiger partial charge is 0.317 e. The van der Waals surface area contributed by atoms with E-state index < -0.39 is 9.84 Å². The summed E-state index contributed by atoms with van der Waals surface area (Å²) in [6.45, 7) is 11.0. The van der Waals surface area contributed by atoms with Crippen molar-refractivity contribution >= 4 is 15.9 Å². The maximum Gasteiger partial charge on any atom is 0.317 e. The van der Waals surface area contributed by atoms with Crippen LogP contribution in [0, 0.1) is 0 Å². The lowest BCUT2D eigenvalue weighted by Crippen LogP contribution is -2.45. The van der Waals surface area contributed by atoms with Gasteiger partial charge in [0.1, 0.15) is 0 Å². The Hall–Kier alpha value is -1.64. The number of ether oxygens (including phenoxy) is 1. The molecule has 1 aromatic carbocycles. The van der Waals surface area contributed by atoms with E-state index in [1.54, 1.807) is 35.2 Å². The van der Waals surface area contributed by atoms with E-state index in [1.165, 1.54) is 0 Å². The van der Waals surface area contributed by atoms with Gasteiger partial charge in [-0.25, -0.2) is 13.2 Å². The van der Waals surface area contributed by atoms with Crippen LogP contribution in [0.5, 0.6) is 0 Å². The zero-order valence-corrected chi connectivity index (χ0v) is 18.2. The Morgan fingerprint density at radius 1 is 1.04 bits per heavy atom. The number of nitrogens with one attached hydrogen (secondary N) is 1. The Morgan fingerprint density at radius 3 is 2.32 bits per heavy atom. The van der Waals surface area contributed by atoms with Gasteiger partial charge in [0.05, 0.1) is 10.6 Å². The minimum absolute atomic E-state index is 0.102. The third-order valence-electron chi connectivity index (χ3n) is 4.54. The second-order valence-electron chi connectivity index (χ2n) is 6.43. The van der Waals surface area contributed by atoms with Crippen LogP contribution in [0.25, 0.3) is 0 Å². The zero-order valence-electron chi connectivity index (χ0n) is 17.4. The molecule has 0 radical (unpaired) electrons. The van der Waals surface area contributed by atoms with Crippen molar-refractivity contribution < 1.29 is 17.9 Å². The van der Waals surface area contributed by atoms with Gasteiger partial charge in [0.25, 0.3) is 0 Å². The van der Waals surface area contributed by atoms with Crippen molar-refractivity contribution in [3.63, 3.8) is 0 Å². The van der Waals surface area contributed by atoms with Crippen molar-refractivity contribution in [2.45, 2.75) is 32.1 Å². The minimum Gasteiger partial charge on any atom is -0.382 e. The highest BCUT2D eigenvalue weighted by atomic mass is 32.2. The van der Waals surface area contributed by atoms with E-state index in [2.05, 4.69) is 24.1 Å². The van der Waals surface area contributed by atoms with Crippen LogP contribution in [0.2, 0.25) is 0 Å². The topological polar surface area (TPSA) is 78.9 Å². The average molecular weight is 414 g/mol. The summed E-state index contributed by atoms with van der Waals surface area (Å²) in [5.74, 6) is -0.102. The second kappa shape index (κ2) is 13.5. The van der Waals surface area contributed by atoms with E-state index in [1.807, 2.05) is 6.92 Å². The van der Waals surface area contributed by atoms with Gasteiger partial charge in [-0.3, -0.25) is 0 Å². The molecule has 28 heavy (non-hydrogen) atoms. The predicted molar refractivity (Wildman–Crippen MR) is 112 cm³/mol. The summed E-state index contributed by atoms with van der Waals surface area (Å²) in [6.07, 6.45) is 0.669. The molecule has 0 aliphatic heterocycles. The molecule has 2 amide bonds. The largest absolute Gasteiger partial charge is 0.382 e. The fourth-order valence-electron chi connectivity index (χ4n) is 2.77. The Labute approximate surface area is 170 Å². The molecule has 0 aromatic heterocycles. The SMILES string of the molecule is CCOCCCN(CCS(=O)(=O)c1ccccc1)C(=O)NCCN(CC)CC. The molecule has 0 bridgehead atoms. The van der Waals surface area contributed by atoms with Crippen LogP contribution >= 0.6 is 0 Å². The molecule has 0 saturated carbocycles. The summed E-state index contributed by atoms with van der Waals surface area (Å²) in [5, 5.41) is 2.91. The first-order valence-corrected chi connectivity index (χ1v) is 11.7. The Bertz CT molecular complexity index is 649. The number of likely N-dealkylation sites (N-methyl/N-ethyl adjacent to an activating group) is 1. The van der Waals surface area contributed by atoms with Crippen molar-refractivity contribution in [2.75, 3.05) is 58.2 Å². The summed E-state index contributed by atoms with van der Waals surface area (Å²) in [7, 11) is -3.43. The number of hydrogen-bond acceptors (Lipinski definition) is 5. The fourth-order valence-corrected chi connectivity index (χ4v) is 4.03. The molecule has 0 heterocycles. The third-order valence-corrected chi connectivity index (χ3v) is 6.25. The molecule has 1 N–H and O–H groups in total. The van der Waals surface area contributed by atoms with Gasteiger partial charge in [-0.15, -0.1) is 0 Å². The molecule has 1 aromatic rings. The number of carbonyl (C=O) groups is 1. The van der Waals surface area contributed by atoms with E-state index in [4.69, 9.17) is 4.74 Å². The van der Waals surface area contributed by atoms with Crippen LogP contribution in [0.3, 0.4) is 0 Å². The summed E-state index contributed by atoms with van der Waals surface area (Å²) in [5.41, 5.74) is 0. The maximum absolute atomic E-state index is 12.6. The molecule has 8 heteroatoms. The van der Waals surface area contributed by atoms with Crippen molar-refractivity contribution in [1.29, 1.82) is 0 Å². The Balaban J connectivity index is 2.63. The van der Waals surface area contributed by atoms with Crippen LogP contribution in [0.15, 0.2) is 35.2 Å². The van der Waals surface area contributed by atoms with Gasteiger partial charge in [-0.1, -0.05) is 32.0 Å². The van der Waals surface area contributed by atoms with Gasteiger partial charge < -0.3 is 19.9 Å². The number of amides is 2. The Morgan fingerprint density at radius 2 is 1.71 bits per heavy atom. The minimum atomic E-state index is -3.43. The first-order valence-electron chi connectivity index (χ1n) is 10.0. The molecule has 0 spiro atoms. The molecule has 1 rings (SSSR count). The molecule has 0 fully saturated rings. The summed E-state index contributed by atoms with van der Waals surface area (Å²) >= 11 is 0. The number of rotatable bonds is 14. The molecule has 0 unspecified atom stereocenters. The van der Waals surface area contributed by atoms with Crippen molar-refractivity contribution in [3.05, 3.63) is 30.3 Å². The molecular formula is C20H35N3O4S. The first kappa shape index (κ1) is 24.4. The fraction of sp³-hybridized carbons (Fsp3) is 0.650. The molecule has 0 aliphatic rings. The molecule has 7 nitrogen and oxygen atoms in total. The highest BCUT2D eigenvalue weighted by Crippen LogP contribution is 2.10. The number of urea groups is 1. The molecule has 0 atom stereocenters. The van der Waals surface area contributed by atoms with Crippen LogP contribution in [0.4, 0.5) is 4.79 Å². The Kier molecular flexibility index (Phi) is 11.8. The van der Waals surface area contributed by atoms with Gasteiger partial charge in [-0.05, 0) is 38.6 Å². The average Bonchev–Trinajstić information content (AvgIpc) is 2.71. The number of carbonyl (C=O) groups excluding carboxylic acids is 1. The van der Waals surface area contributed by atoms with Crippen LogP contribution < -0.4 is 5.32 Å². The second-order valence-corrected chi connectivity index (χ2v) is 8.54. The molecular weight excluding hydrogens is 378 g/mol. The summed E-state index contributed by atoms with van der Waals surface area (Å²) < 4.78 is 30.4. The molecule has 0 saturated heterocycles. The highest BCUT2D eigenvalue weighted by molar-refractivity contribution is 7.91. The van der Waals surface area contributed by atoms with Crippen LogP contribution in [-0.4, -0.2) is 82.5 Å². The number of hydrogen-bond donors (Lipinski definition) is 1. The standard InChI is InChI=1S/C20H35N3O4S/c1-4-22(5-2)15-13-21-20(24)23(14-10-17-27-6-3)16-18-28(25,26)19-11-8-7-9-12-19/h7-9,11-12H,4-6,10,13-18H2,1-3H3,(H,21,24). The van der Waals surface area contributed by atoms with E-state index in [0.717, 1.165) is 19.6 Å². The third kappa shape index (κ3) is 9.03.